The Labute approximate surface area is 85.6 Å². The highest BCUT2D eigenvalue weighted by molar-refractivity contribution is 5.61. The summed E-state index contributed by atoms with van der Waals surface area (Å²) < 4.78 is 0. The van der Waals surface area contributed by atoms with Gasteiger partial charge in [0.2, 0.25) is 0 Å². The van der Waals surface area contributed by atoms with Crippen LogP contribution in [0.2, 0.25) is 0 Å². The van der Waals surface area contributed by atoms with E-state index < -0.39 is 0 Å². The second kappa shape index (κ2) is 4.82. The lowest BCUT2D eigenvalue weighted by atomic mass is 10.0. The van der Waals surface area contributed by atoms with Gasteiger partial charge < -0.3 is 11.5 Å². The highest BCUT2D eigenvalue weighted by Gasteiger charge is 1.98. The van der Waals surface area contributed by atoms with Gasteiger partial charge in [0.15, 0.2) is 0 Å². The fraction of sp³-hybridized carbons (Fsp3) is 0.333. The molecule has 76 valence electrons. The Hall–Kier alpha value is -1.28. The molecule has 4 N–H and O–H groups in total. The van der Waals surface area contributed by atoms with E-state index >= 15 is 0 Å². The number of hydrogen-bond donors (Lipinski definition) is 2. The number of nitrogen functional groups attached to an aromatic ring is 1. The van der Waals surface area contributed by atoms with E-state index in [4.69, 9.17) is 11.5 Å². The van der Waals surface area contributed by atoms with E-state index in [2.05, 4.69) is 25.1 Å². The van der Waals surface area contributed by atoms with Crippen LogP contribution in [-0.2, 0) is 0 Å². The van der Waals surface area contributed by atoms with Crippen LogP contribution in [0.15, 0.2) is 18.2 Å². The molecule has 2 heteroatoms. The maximum absolute atomic E-state index is 5.80. The molecule has 0 unspecified atom stereocenters. The van der Waals surface area contributed by atoms with E-state index in [1.54, 1.807) is 0 Å². The topological polar surface area (TPSA) is 52.0 Å². The van der Waals surface area contributed by atoms with Crippen molar-refractivity contribution in [1.29, 1.82) is 0 Å². The first-order valence-corrected chi connectivity index (χ1v) is 4.88. The van der Waals surface area contributed by atoms with Crippen molar-refractivity contribution < 1.29 is 0 Å². The molecule has 0 aliphatic rings. The Morgan fingerprint density at radius 2 is 1.93 bits per heavy atom. The number of anilines is 1. The predicted molar refractivity (Wildman–Crippen MR) is 63.0 cm³/mol. The van der Waals surface area contributed by atoms with Crippen LogP contribution in [-0.4, -0.2) is 6.54 Å². The van der Waals surface area contributed by atoms with Crippen molar-refractivity contribution in [3.8, 4) is 0 Å². The lowest BCUT2D eigenvalue weighted by Crippen LogP contribution is -1.95. The van der Waals surface area contributed by atoms with E-state index in [0.29, 0.717) is 6.54 Å². The van der Waals surface area contributed by atoms with Crippen molar-refractivity contribution >= 4 is 11.8 Å². The predicted octanol–water partition coefficient (Wildman–Crippen LogP) is 2.25. The monoisotopic (exact) mass is 190 g/mol. The Morgan fingerprint density at radius 3 is 2.57 bits per heavy atom. The van der Waals surface area contributed by atoms with Gasteiger partial charge in [-0.1, -0.05) is 12.2 Å². The normalized spacial score (nSPS) is 11.1. The summed E-state index contributed by atoms with van der Waals surface area (Å²) in [4.78, 5) is 0. The average molecular weight is 190 g/mol. The molecule has 2 nitrogen and oxygen atoms in total. The molecule has 0 aliphatic carbocycles. The molecule has 0 heterocycles. The molecule has 1 aromatic carbocycles. The van der Waals surface area contributed by atoms with Gasteiger partial charge in [0.25, 0.3) is 0 Å². The van der Waals surface area contributed by atoms with Crippen molar-refractivity contribution in [2.75, 3.05) is 12.3 Å². The number of benzene rings is 1. The maximum Gasteiger partial charge on any atom is 0.0346 e. The highest BCUT2D eigenvalue weighted by atomic mass is 14.6. The number of aryl methyl sites for hydroxylation is 2. The summed E-state index contributed by atoms with van der Waals surface area (Å²) in [6, 6.07) is 4.12. The van der Waals surface area contributed by atoms with E-state index in [-0.39, 0.29) is 0 Å². The molecular weight excluding hydrogens is 172 g/mol. The van der Waals surface area contributed by atoms with Crippen LogP contribution < -0.4 is 11.5 Å². The third kappa shape index (κ3) is 2.60. The molecular formula is C12H18N2. The van der Waals surface area contributed by atoms with Gasteiger partial charge in [-0.25, -0.2) is 0 Å². The van der Waals surface area contributed by atoms with Crippen molar-refractivity contribution in [1.82, 2.24) is 0 Å². The van der Waals surface area contributed by atoms with Crippen LogP contribution >= 0.6 is 0 Å². The zero-order chi connectivity index (χ0) is 10.6. The van der Waals surface area contributed by atoms with Crippen molar-refractivity contribution in [3.63, 3.8) is 0 Å². The summed E-state index contributed by atoms with van der Waals surface area (Å²) in [5.74, 6) is 0. The standard InChI is InChI=1S/C12H18N2/c1-9-8-12(14)10(2)7-11(9)5-3-4-6-13/h3,5,7-8H,4,6,13-14H2,1-2H3. The molecule has 0 saturated heterocycles. The third-order valence-electron chi connectivity index (χ3n) is 2.29. The van der Waals surface area contributed by atoms with E-state index in [1.807, 2.05) is 13.0 Å². The molecule has 0 amide bonds. The Kier molecular flexibility index (Phi) is 3.72. The van der Waals surface area contributed by atoms with Gasteiger partial charge in [-0.15, -0.1) is 0 Å². The van der Waals surface area contributed by atoms with E-state index in [1.165, 1.54) is 11.1 Å². The summed E-state index contributed by atoms with van der Waals surface area (Å²) in [6.07, 6.45) is 5.12. The fourth-order valence-electron chi connectivity index (χ4n) is 1.35. The molecule has 0 atom stereocenters. The molecule has 0 spiro atoms. The molecule has 1 aromatic rings. The zero-order valence-corrected chi connectivity index (χ0v) is 8.88. The quantitative estimate of drug-likeness (QED) is 0.718. The van der Waals surface area contributed by atoms with Gasteiger partial charge in [0.1, 0.15) is 0 Å². The lowest BCUT2D eigenvalue weighted by Gasteiger charge is -2.05. The Bertz CT molecular complexity index is 340. The molecule has 0 aliphatic heterocycles. The SMILES string of the molecule is Cc1cc(C=CCCN)c(C)cc1N. The largest absolute Gasteiger partial charge is 0.399 e. The van der Waals surface area contributed by atoms with E-state index in [0.717, 1.165) is 17.7 Å². The first kappa shape index (κ1) is 10.8. The van der Waals surface area contributed by atoms with Crippen LogP contribution in [0.1, 0.15) is 23.1 Å². The minimum Gasteiger partial charge on any atom is -0.399 e. The summed E-state index contributed by atoms with van der Waals surface area (Å²) in [5.41, 5.74) is 15.6. The molecule has 1 rings (SSSR count). The van der Waals surface area contributed by atoms with Gasteiger partial charge in [0.05, 0.1) is 0 Å². The third-order valence-corrected chi connectivity index (χ3v) is 2.29. The molecule has 0 bridgehead atoms. The van der Waals surface area contributed by atoms with Crippen molar-refractivity contribution in [3.05, 3.63) is 34.9 Å². The van der Waals surface area contributed by atoms with Crippen LogP contribution in [0.4, 0.5) is 5.69 Å². The van der Waals surface area contributed by atoms with Crippen molar-refractivity contribution in [2.24, 2.45) is 5.73 Å². The molecule has 0 saturated carbocycles. The zero-order valence-electron chi connectivity index (χ0n) is 8.88. The minimum absolute atomic E-state index is 0.698. The first-order valence-electron chi connectivity index (χ1n) is 4.88. The van der Waals surface area contributed by atoms with Crippen LogP contribution in [0, 0.1) is 13.8 Å². The Morgan fingerprint density at radius 1 is 1.21 bits per heavy atom. The van der Waals surface area contributed by atoms with Gasteiger partial charge in [-0.2, -0.15) is 0 Å². The fourth-order valence-corrected chi connectivity index (χ4v) is 1.35. The maximum atomic E-state index is 5.80. The van der Waals surface area contributed by atoms with Crippen LogP contribution in [0.25, 0.3) is 6.08 Å². The number of hydrogen-bond acceptors (Lipinski definition) is 2. The van der Waals surface area contributed by atoms with Crippen molar-refractivity contribution in [2.45, 2.75) is 20.3 Å². The van der Waals surface area contributed by atoms with Crippen LogP contribution in [0.5, 0.6) is 0 Å². The minimum atomic E-state index is 0.698. The second-order valence-electron chi connectivity index (χ2n) is 3.55. The summed E-state index contributed by atoms with van der Waals surface area (Å²) in [5, 5.41) is 0. The highest BCUT2D eigenvalue weighted by Crippen LogP contribution is 2.18. The van der Waals surface area contributed by atoms with Gasteiger partial charge in [0, 0.05) is 5.69 Å². The average Bonchev–Trinajstić information content (AvgIpc) is 2.14. The molecule has 14 heavy (non-hydrogen) atoms. The number of nitrogens with two attached hydrogens (primary N) is 2. The summed E-state index contributed by atoms with van der Waals surface area (Å²) in [7, 11) is 0. The van der Waals surface area contributed by atoms with E-state index in [9.17, 15) is 0 Å². The molecule has 0 aromatic heterocycles. The Balaban J connectivity index is 2.92. The van der Waals surface area contributed by atoms with Gasteiger partial charge in [-0.3, -0.25) is 0 Å². The second-order valence-corrected chi connectivity index (χ2v) is 3.55. The smallest absolute Gasteiger partial charge is 0.0346 e. The first-order chi connectivity index (χ1) is 6.65. The molecule has 0 fully saturated rings. The lowest BCUT2D eigenvalue weighted by molar-refractivity contribution is 1.01. The van der Waals surface area contributed by atoms with Gasteiger partial charge in [-0.05, 0) is 55.6 Å². The van der Waals surface area contributed by atoms with Crippen LogP contribution in [0.3, 0.4) is 0 Å². The number of rotatable bonds is 3. The summed E-state index contributed by atoms with van der Waals surface area (Å²) in [6.45, 7) is 4.79. The summed E-state index contributed by atoms with van der Waals surface area (Å²) >= 11 is 0. The molecule has 0 radical (unpaired) electrons. The van der Waals surface area contributed by atoms with Gasteiger partial charge >= 0.3 is 0 Å².